The van der Waals surface area contributed by atoms with Crippen molar-refractivity contribution in [2.45, 2.75) is 0 Å². The lowest BCUT2D eigenvalue weighted by Gasteiger charge is -2.25. The number of ether oxygens (including phenoxy) is 5. The highest BCUT2D eigenvalue weighted by molar-refractivity contribution is 5.62. The molecule has 4 rings (SSSR count). The molecule has 2 aliphatic rings. The SMILES string of the molecule is COc1cc2c(cc1F)Oc1cc3c(cc1O2)OCCO3. The maximum absolute atomic E-state index is 13.7. The Morgan fingerprint density at radius 2 is 1.33 bits per heavy atom. The molecular formula is C15H11FO5. The number of fused-ring (bicyclic) bond motifs is 3. The molecule has 2 aliphatic heterocycles. The Balaban J connectivity index is 1.78. The summed E-state index contributed by atoms with van der Waals surface area (Å²) in [6, 6.07) is 6.05. The van der Waals surface area contributed by atoms with E-state index in [1.54, 1.807) is 12.1 Å². The predicted octanol–water partition coefficient (Wildman–Crippen LogP) is 3.50. The van der Waals surface area contributed by atoms with Crippen molar-refractivity contribution in [1.82, 2.24) is 0 Å². The van der Waals surface area contributed by atoms with Crippen LogP contribution >= 0.6 is 0 Å². The van der Waals surface area contributed by atoms with Crippen molar-refractivity contribution >= 4 is 0 Å². The van der Waals surface area contributed by atoms with Crippen LogP contribution in [0.1, 0.15) is 0 Å². The molecule has 0 amide bonds. The summed E-state index contributed by atoms with van der Waals surface area (Å²) in [6.07, 6.45) is 0. The summed E-state index contributed by atoms with van der Waals surface area (Å²) in [5, 5.41) is 0. The second-order valence-corrected chi connectivity index (χ2v) is 4.58. The van der Waals surface area contributed by atoms with Gasteiger partial charge in [-0.15, -0.1) is 0 Å². The lowest BCUT2D eigenvalue weighted by molar-refractivity contribution is 0.169. The van der Waals surface area contributed by atoms with Gasteiger partial charge in [-0.05, 0) is 0 Å². The summed E-state index contributed by atoms with van der Waals surface area (Å²) in [5.41, 5.74) is 0. The van der Waals surface area contributed by atoms with E-state index < -0.39 is 5.82 Å². The third-order valence-corrected chi connectivity index (χ3v) is 3.27. The minimum atomic E-state index is -0.513. The van der Waals surface area contributed by atoms with E-state index in [1.807, 2.05) is 0 Å². The third kappa shape index (κ3) is 1.91. The van der Waals surface area contributed by atoms with Gasteiger partial charge in [0.1, 0.15) is 13.2 Å². The van der Waals surface area contributed by atoms with Gasteiger partial charge in [0.05, 0.1) is 7.11 Å². The van der Waals surface area contributed by atoms with Crippen molar-refractivity contribution in [3.63, 3.8) is 0 Å². The molecule has 0 bridgehead atoms. The van der Waals surface area contributed by atoms with Gasteiger partial charge in [-0.3, -0.25) is 0 Å². The van der Waals surface area contributed by atoms with Crippen LogP contribution in [0.4, 0.5) is 4.39 Å². The molecule has 0 spiro atoms. The molecule has 0 unspecified atom stereocenters. The molecule has 0 atom stereocenters. The Bertz CT molecular complexity index is 728. The zero-order valence-electron chi connectivity index (χ0n) is 11.1. The normalized spacial score (nSPS) is 14.4. The Morgan fingerprint density at radius 3 is 1.90 bits per heavy atom. The average molecular weight is 290 g/mol. The first-order chi connectivity index (χ1) is 10.2. The minimum Gasteiger partial charge on any atom is -0.494 e. The van der Waals surface area contributed by atoms with Crippen LogP contribution < -0.4 is 23.7 Å². The first-order valence-electron chi connectivity index (χ1n) is 6.41. The highest BCUT2D eigenvalue weighted by Crippen LogP contribution is 2.51. The summed E-state index contributed by atoms with van der Waals surface area (Å²) in [5.74, 6) is 2.38. The average Bonchev–Trinajstić information content (AvgIpc) is 2.50. The molecular weight excluding hydrogens is 279 g/mol. The zero-order chi connectivity index (χ0) is 14.4. The maximum Gasteiger partial charge on any atom is 0.174 e. The Hall–Kier alpha value is -2.63. The van der Waals surface area contributed by atoms with Crippen LogP contribution in [0, 0.1) is 5.82 Å². The summed E-state index contributed by atoms with van der Waals surface area (Å²) < 4.78 is 41.0. The van der Waals surface area contributed by atoms with E-state index in [4.69, 9.17) is 23.7 Å². The Kier molecular flexibility index (Phi) is 2.57. The molecule has 0 radical (unpaired) electrons. The minimum absolute atomic E-state index is 0.0957. The van der Waals surface area contributed by atoms with Gasteiger partial charge in [0, 0.05) is 24.3 Å². The Labute approximate surface area is 119 Å². The van der Waals surface area contributed by atoms with Crippen molar-refractivity contribution in [3.05, 3.63) is 30.1 Å². The predicted molar refractivity (Wildman–Crippen MR) is 70.5 cm³/mol. The van der Waals surface area contributed by atoms with Crippen LogP contribution in [0.25, 0.3) is 0 Å². The van der Waals surface area contributed by atoms with Gasteiger partial charge >= 0.3 is 0 Å². The van der Waals surface area contributed by atoms with Crippen molar-refractivity contribution < 1.29 is 28.1 Å². The Morgan fingerprint density at radius 1 is 0.810 bits per heavy atom. The van der Waals surface area contributed by atoms with E-state index in [9.17, 15) is 4.39 Å². The molecule has 0 saturated heterocycles. The van der Waals surface area contributed by atoms with Crippen LogP contribution in [0.3, 0.4) is 0 Å². The van der Waals surface area contributed by atoms with E-state index in [1.165, 1.54) is 19.2 Å². The fourth-order valence-corrected chi connectivity index (χ4v) is 2.28. The first-order valence-corrected chi connectivity index (χ1v) is 6.41. The van der Waals surface area contributed by atoms with Gasteiger partial charge < -0.3 is 23.7 Å². The molecule has 0 fully saturated rings. The van der Waals surface area contributed by atoms with Crippen molar-refractivity contribution in [2.75, 3.05) is 20.3 Å². The number of methoxy groups -OCH3 is 1. The molecule has 0 N–H and O–H groups in total. The fourth-order valence-electron chi connectivity index (χ4n) is 2.28. The summed E-state index contributed by atoms with van der Waals surface area (Å²) in [4.78, 5) is 0. The summed E-state index contributed by atoms with van der Waals surface area (Å²) in [6.45, 7) is 0.970. The zero-order valence-corrected chi connectivity index (χ0v) is 11.1. The van der Waals surface area contributed by atoms with Gasteiger partial charge in [0.15, 0.2) is 46.1 Å². The first kappa shape index (κ1) is 12.1. The van der Waals surface area contributed by atoms with Gasteiger partial charge in [-0.25, -0.2) is 4.39 Å². The molecule has 2 aromatic carbocycles. The molecule has 108 valence electrons. The van der Waals surface area contributed by atoms with Gasteiger partial charge in [0.2, 0.25) is 0 Å². The molecule has 0 aromatic heterocycles. The lowest BCUT2D eigenvalue weighted by atomic mass is 10.2. The molecule has 6 heteroatoms. The topological polar surface area (TPSA) is 46.2 Å². The highest BCUT2D eigenvalue weighted by Gasteiger charge is 2.25. The fraction of sp³-hybridized carbons (Fsp3) is 0.200. The number of halogens is 1. The van der Waals surface area contributed by atoms with Gasteiger partial charge in [-0.2, -0.15) is 0 Å². The second-order valence-electron chi connectivity index (χ2n) is 4.58. The molecule has 0 saturated carbocycles. The molecule has 5 nitrogen and oxygen atoms in total. The van der Waals surface area contributed by atoms with E-state index in [0.717, 1.165) is 0 Å². The maximum atomic E-state index is 13.7. The van der Waals surface area contributed by atoms with E-state index in [-0.39, 0.29) is 11.5 Å². The molecule has 2 heterocycles. The quantitative estimate of drug-likeness (QED) is 0.686. The lowest BCUT2D eigenvalue weighted by Crippen LogP contribution is -2.15. The number of hydrogen-bond donors (Lipinski definition) is 0. The van der Waals surface area contributed by atoms with E-state index in [0.29, 0.717) is 42.0 Å². The third-order valence-electron chi connectivity index (χ3n) is 3.27. The van der Waals surface area contributed by atoms with Crippen molar-refractivity contribution in [2.24, 2.45) is 0 Å². The molecule has 2 aromatic rings. The van der Waals surface area contributed by atoms with Crippen molar-refractivity contribution in [3.8, 4) is 40.2 Å². The van der Waals surface area contributed by atoms with Crippen LogP contribution in [0.15, 0.2) is 24.3 Å². The van der Waals surface area contributed by atoms with Crippen LogP contribution in [-0.2, 0) is 0 Å². The summed E-state index contributed by atoms with van der Waals surface area (Å²) in [7, 11) is 1.39. The number of rotatable bonds is 1. The van der Waals surface area contributed by atoms with Gasteiger partial charge in [0.25, 0.3) is 0 Å². The smallest absolute Gasteiger partial charge is 0.174 e. The standard InChI is InChI=1S/C15H11FO5/c1-17-9-5-13-12(4-8(9)16)20-14-6-10-11(7-15(14)21-13)19-3-2-18-10/h4-7H,2-3H2,1H3. The molecule has 0 aliphatic carbocycles. The highest BCUT2D eigenvalue weighted by atomic mass is 19.1. The van der Waals surface area contributed by atoms with E-state index >= 15 is 0 Å². The van der Waals surface area contributed by atoms with Crippen molar-refractivity contribution in [1.29, 1.82) is 0 Å². The number of hydrogen-bond acceptors (Lipinski definition) is 5. The number of benzene rings is 2. The summed E-state index contributed by atoms with van der Waals surface area (Å²) >= 11 is 0. The van der Waals surface area contributed by atoms with Crippen LogP contribution in [-0.4, -0.2) is 20.3 Å². The van der Waals surface area contributed by atoms with Crippen LogP contribution in [0.2, 0.25) is 0 Å². The van der Waals surface area contributed by atoms with E-state index in [2.05, 4.69) is 0 Å². The second kappa shape index (κ2) is 4.44. The van der Waals surface area contributed by atoms with Crippen LogP contribution in [0.5, 0.6) is 40.2 Å². The monoisotopic (exact) mass is 290 g/mol. The molecule has 21 heavy (non-hydrogen) atoms. The van der Waals surface area contributed by atoms with Gasteiger partial charge in [-0.1, -0.05) is 0 Å². The largest absolute Gasteiger partial charge is 0.494 e.